The lowest BCUT2D eigenvalue weighted by atomic mass is 10.1. The van der Waals surface area contributed by atoms with Crippen LogP contribution in [0.2, 0.25) is 0 Å². The molecule has 0 unspecified atom stereocenters. The first-order chi connectivity index (χ1) is 18.1. The van der Waals surface area contributed by atoms with E-state index in [1.54, 1.807) is 12.4 Å². The van der Waals surface area contributed by atoms with E-state index in [0.717, 1.165) is 31.3 Å². The van der Waals surface area contributed by atoms with Gasteiger partial charge in [-0.3, -0.25) is 4.98 Å². The largest absolute Gasteiger partial charge is 0.458 e. The number of fused-ring (bicyclic) bond motifs is 1. The fourth-order valence-electron chi connectivity index (χ4n) is 5.10. The number of esters is 1. The lowest BCUT2D eigenvalue weighted by Crippen LogP contribution is -2.41. The van der Waals surface area contributed by atoms with E-state index >= 15 is 4.39 Å². The minimum absolute atomic E-state index is 0.165. The predicted molar refractivity (Wildman–Crippen MR) is 143 cm³/mol. The van der Waals surface area contributed by atoms with Gasteiger partial charge in [-0.1, -0.05) is 0 Å². The summed E-state index contributed by atoms with van der Waals surface area (Å²) in [6.07, 6.45) is 4.83. The molecule has 1 aromatic carbocycles. The number of anilines is 4. The standard InChI is InChI=1S/C28H33F2N5O3/c1-17-25(32-19-14-20(16-31-15-19)34-8-10-37-11-9-34)24-21(30)12-18(29)13-22(24)33-26(17)35-7-5-6-23(35)27(36)38-28(2,3)4/h12-16,23H,5-11H2,1-4H3,(H,32,33)/t23-/m0/s1. The molecular formula is C28H33F2N5O3. The van der Waals surface area contributed by atoms with Gasteiger partial charge in [-0.25, -0.2) is 18.6 Å². The number of hydrogen-bond acceptors (Lipinski definition) is 8. The van der Waals surface area contributed by atoms with E-state index < -0.39 is 23.3 Å². The van der Waals surface area contributed by atoms with E-state index in [0.29, 0.717) is 48.9 Å². The van der Waals surface area contributed by atoms with Crippen LogP contribution in [0.15, 0.2) is 30.6 Å². The van der Waals surface area contributed by atoms with Gasteiger partial charge in [0.25, 0.3) is 0 Å². The van der Waals surface area contributed by atoms with E-state index in [1.165, 1.54) is 6.07 Å². The van der Waals surface area contributed by atoms with Crippen molar-refractivity contribution in [2.45, 2.75) is 52.2 Å². The minimum Gasteiger partial charge on any atom is -0.458 e. The van der Waals surface area contributed by atoms with Crippen molar-refractivity contribution < 1.29 is 23.0 Å². The summed E-state index contributed by atoms with van der Waals surface area (Å²) in [4.78, 5) is 26.2. The van der Waals surface area contributed by atoms with E-state index in [4.69, 9.17) is 9.47 Å². The van der Waals surface area contributed by atoms with Gasteiger partial charge in [-0.2, -0.15) is 0 Å². The molecule has 0 aliphatic carbocycles. The number of morpholine rings is 1. The molecule has 38 heavy (non-hydrogen) atoms. The van der Waals surface area contributed by atoms with Gasteiger partial charge >= 0.3 is 5.97 Å². The summed E-state index contributed by atoms with van der Waals surface area (Å²) in [5, 5.41) is 3.51. The molecule has 2 aliphatic heterocycles. The molecule has 202 valence electrons. The van der Waals surface area contributed by atoms with Crippen LogP contribution in [-0.4, -0.2) is 60.4 Å². The van der Waals surface area contributed by atoms with Crippen LogP contribution >= 0.6 is 0 Å². The molecule has 0 radical (unpaired) electrons. The second-order valence-corrected chi connectivity index (χ2v) is 10.8. The van der Waals surface area contributed by atoms with Crippen molar-refractivity contribution in [3.05, 3.63) is 47.8 Å². The number of aromatic nitrogens is 2. The molecule has 2 aromatic heterocycles. The number of ether oxygens (including phenoxy) is 2. The Hall–Kier alpha value is -3.53. The summed E-state index contributed by atoms with van der Waals surface area (Å²) in [5.74, 6) is -1.27. The van der Waals surface area contributed by atoms with Gasteiger partial charge in [0, 0.05) is 37.3 Å². The van der Waals surface area contributed by atoms with Crippen molar-refractivity contribution >= 4 is 39.8 Å². The number of carbonyl (C=O) groups excluding carboxylic acids is 1. The lowest BCUT2D eigenvalue weighted by molar-refractivity contribution is -0.156. The van der Waals surface area contributed by atoms with Crippen molar-refractivity contribution in [1.82, 2.24) is 9.97 Å². The quantitative estimate of drug-likeness (QED) is 0.461. The third-order valence-electron chi connectivity index (χ3n) is 6.79. The van der Waals surface area contributed by atoms with Crippen LogP contribution in [-0.2, 0) is 14.3 Å². The third-order valence-corrected chi connectivity index (χ3v) is 6.79. The van der Waals surface area contributed by atoms with Gasteiger partial charge in [0.1, 0.15) is 29.1 Å². The van der Waals surface area contributed by atoms with E-state index in [-0.39, 0.29) is 16.9 Å². The van der Waals surface area contributed by atoms with Crippen LogP contribution in [0.25, 0.3) is 10.9 Å². The topological polar surface area (TPSA) is 79.8 Å². The van der Waals surface area contributed by atoms with Crippen LogP contribution in [0, 0.1) is 18.6 Å². The summed E-state index contributed by atoms with van der Waals surface area (Å²) in [7, 11) is 0. The zero-order valence-electron chi connectivity index (χ0n) is 22.2. The van der Waals surface area contributed by atoms with Crippen molar-refractivity contribution in [3.8, 4) is 0 Å². The summed E-state index contributed by atoms with van der Waals surface area (Å²) >= 11 is 0. The second-order valence-electron chi connectivity index (χ2n) is 10.8. The van der Waals surface area contributed by atoms with Gasteiger partial charge in [-0.05, 0) is 46.6 Å². The van der Waals surface area contributed by atoms with Crippen molar-refractivity contribution in [2.75, 3.05) is 48.0 Å². The predicted octanol–water partition coefficient (Wildman–Crippen LogP) is 5.11. The molecule has 8 nitrogen and oxygen atoms in total. The first kappa shape index (κ1) is 26.1. The Morgan fingerprint density at radius 3 is 2.63 bits per heavy atom. The second kappa shape index (κ2) is 10.3. The van der Waals surface area contributed by atoms with Crippen molar-refractivity contribution in [1.29, 1.82) is 0 Å². The summed E-state index contributed by atoms with van der Waals surface area (Å²) < 4.78 is 40.6. The van der Waals surface area contributed by atoms with Crippen LogP contribution < -0.4 is 15.1 Å². The fraction of sp³-hybridized carbons (Fsp3) is 0.464. The van der Waals surface area contributed by atoms with Crippen molar-refractivity contribution in [2.24, 2.45) is 0 Å². The molecule has 4 heterocycles. The maximum absolute atomic E-state index is 15.2. The van der Waals surface area contributed by atoms with Gasteiger partial charge in [0.05, 0.1) is 53.6 Å². The maximum Gasteiger partial charge on any atom is 0.329 e. The monoisotopic (exact) mass is 525 g/mol. The Kier molecular flexibility index (Phi) is 7.09. The Bertz CT molecular complexity index is 1350. The Morgan fingerprint density at radius 1 is 1.13 bits per heavy atom. The van der Waals surface area contributed by atoms with Gasteiger partial charge in [-0.15, -0.1) is 0 Å². The van der Waals surface area contributed by atoms with Gasteiger partial charge in [0.2, 0.25) is 0 Å². The Morgan fingerprint density at radius 2 is 1.89 bits per heavy atom. The number of rotatable bonds is 5. The molecule has 2 aliphatic rings. The highest BCUT2D eigenvalue weighted by Crippen LogP contribution is 2.39. The zero-order valence-corrected chi connectivity index (χ0v) is 22.2. The average Bonchev–Trinajstić information content (AvgIpc) is 3.35. The number of nitrogens with one attached hydrogen (secondary N) is 1. The van der Waals surface area contributed by atoms with Gasteiger partial charge in [0.15, 0.2) is 0 Å². The number of halogens is 2. The lowest BCUT2D eigenvalue weighted by Gasteiger charge is -2.30. The van der Waals surface area contributed by atoms with Crippen LogP contribution in [0.3, 0.4) is 0 Å². The highest BCUT2D eigenvalue weighted by molar-refractivity contribution is 5.98. The molecule has 10 heteroatoms. The smallest absolute Gasteiger partial charge is 0.329 e. The molecule has 2 saturated heterocycles. The maximum atomic E-state index is 15.2. The highest BCUT2D eigenvalue weighted by atomic mass is 19.1. The number of nitrogens with zero attached hydrogens (tertiary/aromatic N) is 4. The molecule has 1 N–H and O–H groups in total. The van der Waals surface area contributed by atoms with Crippen LogP contribution in [0.1, 0.15) is 39.2 Å². The number of pyridine rings is 2. The molecular weight excluding hydrogens is 492 g/mol. The first-order valence-electron chi connectivity index (χ1n) is 12.9. The molecule has 0 amide bonds. The minimum atomic E-state index is -0.718. The zero-order chi connectivity index (χ0) is 27.0. The molecule has 0 spiro atoms. The molecule has 3 aromatic rings. The average molecular weight is 526 g/mol. The Balaban J connectivity index is 1.57. The molecule has 5 rings (SSSR count). The summed E-state index contributed by atoms with van der Waals surface area (Å²) in [6.45, 7) is 10.7. The Labute approximate surface area is 220 Å². The number of benzene rings is 1. The van der Waals surface area contributed by atoms with E-state index in [1.807, 2.05) is 38.7 Å². The van der Waals surface area contributed by atoms with Crippen molar-refractivity contribution in [3.63, 3.8) is 0 Å². The third kappa shape index (κ3) is 5.36. The summed E-state index contributed by atoms with van der Waals surface area (Å²) in [5.41, 5.74) is 2.22. The molecule has 0 bridgehead atoms. The molecule has 1 atom stereocenters. The normalized spacial score (nSPS) is 18.2. The molecule has 2 fully saturated rings. The molecule has 0 saturated carbocycles. The van der Waals surface area contributed by atoms with Gasteiger partial charge < -0.3 is 24.6 Å². The van der Waals surface area contributed by atoms with E-state index in [2.05, 4.69) is 20.2 Å². The van der Waals surface area contributed by atoms with E-state index in [9.17, 15) is 9.18 Å². The van der Waals surface area contributed by atoms with Crippen LogP contribution in [0.4, 0.5) is 31.7 Å². The van der Waals surface area contributed by atoms with Crippen LogP contribution in [0.5, 0.6) is 0 Å². The first-order valence-corrected chi connectivity index (χ1v) is 12.9. The number of hydrogen-bond donors (Lipinski definition) is 1. The fourth-order valence-corrected chi connectivity index (χ4v) is 5.10. The number of carbonyl (C=O) groups is 1. The highest BCUT2D eigenvalue weighted by Gasteiger charge is 2.36. The SMILES string of the molecule is Cc1c(N2CCC[C@H]2C(=O)OC(C)(C)C)nc2cc(F)cc(F)c2c1Nc1cncc(N2CCOCC2)c1. The summed E-state index contributed by atoms with van der Waals surface area (Å²) in [6, 6.07) is 3.49.